The molecule has 0 saturated carbocycles. The maximum Gasteiger partial charge on any atom is 0.303 e. The number of aromatic nitrogens is 1. The van der Waals surface area contributed by atoms with Gasteiger partial charge in [0.25, 0.3) is 0 Å². The lowest BCUT2D eigenvalue weighted by Crippen LogP contribution is -2.11. The van der Waals surface area contributed by atoms with Gasteiger partial charge in [-0.2, -0.15) is 0 Å². The largest absolute Gasteiger partial charge is 0.481 e. The number of hydrogen-bond acceptors (Lipinski definition) is 5. The predicted octanol–water partition coefficient (Wildman–Crippen LogP) is 7.32. The van der Waals surface area contributed by atoms with Crippen molar-refractivity contribution in [3.63, 3.8) is 0 Å². The van der Waals surface area contributed by atoms with Crippen LogP contribution in [0.5, 0.6) is 0 Å². The smallest absolute Gasteiger partial charge is 0.303 e. The number of halogens is 1. The van der Waals surface area contributed by atoms with Crippen molar-refractivity contribution in [2.24, 2.45) is 0 Å². The number of aliphatic hydroxyl groups is 2. The molecule has 0 spiro atoms. The summed E-state index contributed by atoms with van der Waals surface area (Å²) in [7, 11) is 1.67. The van der Waals surface area contributed by atoms with E-state index in [2.05, 4.69) is 27.7 Å². The standard InChI is InChI=1S/C24H32FNO2.C4H8O2.C3H8O/c1-7-19(27)12-13-20-22(17-8-10-18(25)11-9-17)21(14-28-6)24(16(4)5)26-23(20)15(2)3;1-2-3-4(5)6;1-3(2)4/h8-13,15-16,19,27H,7,14H2,1-6H3;2-3H2,1H3,(H,5,6);3-4H,1-2H3/b13-12+;;/t19-;;/m0../s1. The molecule has 0 fully saturated rings. The number of carboxylic acid groups (broad SMARTS) is 1. The van der Waals surface area contributed by atoms with Crippen molar-refractivity contribution in [2.75, 3.05) is 7.11 Å². The zero-order valence-electron chi connectivity index (χ0n) is 24.6. The Labute approximate surface area is 228 Å². The maximum atomic E-state index is 13.6. The third-order valence-electron chi connectivity index (χ3n) is 5.28. The Bertz CT molecular complexity index is 982. The zero-order chi connectivity index (χ0) is 29.4. The minimum absolute atomic E-state index is 0.167. The summed E-state index contributed by atoms with van der Waals surface area (Å²) in [4.78, 5) is 14.6. The van der Waals surface area contributed by atoms with Gasteiger partial charge in [0.1, 0.15) is 5.82 Å². The van der Waals surface area contributed by atoms with E-state index in [0.29, 0.717) is 19.4 Å². The predicted molar refractivity (Wildman–Crippen MR) is 154 cm³/mol. The van der Waals surface area contributed by atoms with Crippen molar-refractivity contribution in [1.82, 2.24) is 4.98 Å². The first-order valence-electron chi connectivity index (χ1n) is 13.4. The molecule has 38 heavy (non-hydrogen) atoms. The molecule has 1 aromatic carbocycles. The molecule has 214 valence electrons. The highest BCUT2D eigenvalue weighted by Gasteiger charge is 2.22. The van der Waals surface area contributed by atoms with E-state index < -0.39 is 12.1 Å². The van der Waals surface area contributed by atoms with Gasteiger partial charge in [-0.25, -0.2) is 4.39 Å². The van der Waals surface area contributed by atoms with Gasteiger partial charge in [0, 0.05) is 36.5 Å². The number of aliphatic carboxylic acids is 1. The van der Waals surface area contributed by atoms with Crippen molar-refractivity contribution in [3.8, 4) is 11.1 Å². The van der Waals surface area contributed by atoms with Crippen LogP contribution in [0.4, 0.5) is 4.39 Å². The number of hydrogen-bond donors (Lipinski definition) is 3. The van der Waals surface area contributed by atoms with Gasteiger partial charge in [0.2, 0.25) is 0 Å². The monoisotopic (exact) mass is 533 g/mol. The molecule has 1 heterocycles. The zero-order valence-corrected chi connectivity index (χ0v) is 24.6. The molecule has 3 N–H and O–H groups in total. The van der Waals surface area contributed by atoms with E-state index in [1.807, 2.05) is 26.0 Å². The molecule has 0 aliphatic rings. The lowest BCUT2D eigenvalue weighted by molar-refractivity contribution is -0.137. The van der Waals surface area contributed by atoms with Gasteiger partial charge >= 0.3 is 5.97 Å². The van der Waals surface area contributed by atoms with Crippen molar-refractivity contribution >= 4 is 12.0 Å². The van der Waals surface area contributed by atoms with Gasteiger partial charge in [-0.3, -0.25) is 9.78 Å². The second-order valence-electron chi connectivity index (χ2n) is 9.97. The topological polar surface area (TPSA) is 99.9 Å². The lowest BCUT2D eigenvalue weighted by Gasteiger charge is -2.23. The lowest BCUT2D eigenvalue weighted by atomic mass is 9.87. The van der Waals surface area contributed by atoms with Crippen LogP contribution in [0.15, 0.2) is 30.3 Å². The van der Waals surface area contributed by atoms with Crippen LogP contribution in [0, 0.1) is 5.82 Å². The number of rotatable bonds is 10. The number of carbonyl (C=O) groups is 1. The van der Waals surface area contributed by atoms with Crippen molar-refractivity contribution < 1.29 is 29.2 Å². The summed E-state index contributed by atoms with van der Waals surface area (Å²) >= 11 is 0. The fourth-order valence-corrected chi connectivity index (χ4v) is 3.56. The van der Waals surface area contributed by atoms with Crippen molar-refractivity contribution in [3.05, 3.63) is 58.7 Å². The number of carboxylic acids is 1. The second-order valence-corrected chi connectivity index (χ2v) is 9.97. The van der Waals surface area contributed by atoms with Crippen LogP contribution in [0.25, 0.3) is 17.2 Å². The Morgan fingerprint density at radius 2 is 1.53 bits per heavy atom. The van der Waals surface area contributed by atoms with Gasteiger partial charge in [-0.1, -0.05) is 65.8 Å². The van der Waals surface area contributed by atoms with Crippen LogP contribution in [0.2, 0.25) is 0 Å². The van der Waals surface area contributed by atoms with E-state index >= 15 is 0 Å². The fourth-order valence-electron chi connectivity index (χ4n) is 3.56. The molecule has 0 radical (unpaired) electrons. The first kappa shape index (κ1) is 35.4. The molecule has 2 rings (SSSR count). The molecule has 0 aliphatic carbocycles. The number of nitrogens with zero attached hydrogens (tertiary/aromatic N) is 1. The minimum atomic E-state index is -0.711. The van der Waals surface area contributed by atoms with Crippen LogP contribution in [0.1, 0.15) is 109 Å². The minimum Gasteiger partial charge on any atom is -0.481 e. The fraction of sp³-hybridized carbons (Fsp3) is 0.548. The van der Waals surface area contributed by atoms with Gasteiger partial charge in [-0.05, 0) is 61.8 Å². The molecule has 1 atom stereocenters. The van der Waals surface area contributed by atoms with Crippen molar-refractivity contribution in [2.45, 2.75) is 105 Å². The Hall–Kier alpha value is -2.61. The average Bonchev–Trinajstić information content (AvgIpc) is 2.82. The summed E-state index contributed by atoms with van der Waals surface area (Å²) in [6.45, 7) is 16.1. The Morgan fingerprint density at radius 1 is 1.00 bits per heavy atom. The van der Waals surface area contributed by atoms with E-state index in [9.17, 15) is 14.3 Å². The quantitative estimate of drug-likeness (QED) is 0.296. The van der Waals surface area contributed by atoms with Crippen LogP contribution >= 0.6 is 0 Å². The Kier molecular flexibility index (Phi) is 17.3. The highest BCUT2D eigenvalue weighted by Crippen LogP contribution is 2.37. The highest BCUT2D eigenvalue weighted by atomic mass is 19.1. The van der Waals surface area contributed by atoms with E-state index in [4.69, 9.17) is 19.9 Å². The highest BCUT2D eigenvalue weighted by molar-refractivity contribution is 5.80. The third-order valence-corrected chi connectivity index (χ3v) is 5.28. The second kappa shape index (κ2) is 18.6. The van der Waals surface area contributed by atoms with Gasteiger partial charge in [-0.15, -0.1) is 0 Å². The molecule has 0 aliphatic heterocycles. The number of ether oxygens (including phenoxy) is 1. The molecule has 0 amide bonds. The molecule has 1 aromatic heterocycles. The van der Waals surface area contributed by atoms with E-state index in [1.165, 1.54) is 12.1 Å². The van der Waals surface area contributed by atoms with Gasteiger partial charge < -0.3 is 20.1 Å². The Morgan fingerprint density at radius 3 is 1.89 bits per heavy atom. The summed E-state index contributed by atoms with van der Waals surface area (Å²) in [5, 5.41) is 26.0. The summed E-state index contributed by atoms with van der Waals surface area (Å²) in [5.74, 6) is -0.553. The summed E-state index contributed by atoms with van der Waals surface area (Å²) in [6.07, 6.45) is 4.74. The third kappa shape index (κ3) is 12.8. The molecule has 7 heteroatoms. The number of benzene rings is 1. The molecule has 0 unspecified atom stereocenters. The van der Waals surface area contributed by atoms with Gasteiger partial charge in [0.05, 0.1) is 18.4 Å². The van der Waals surface area contributed by atoms with E-state index in [0.717, 1.165) is 40.1 Å². The van der Waals surface area contributed by atoms with Crippen LogP contribution < -0.4 is 0 Å². The Balaban J connectivity index is 0.00000116. The van der Waals surface area contributed by atoms with Crippen molar-refractivity contribution in [1.29, 1.82) is 0 Å². The normalized spacial score (nSPS) is 11.9. The molecule has 6 nitrogen and oxygen atoms in total. The molecule has 0 saturated heterocycles. The van der Waals surface area contributed by atoms with Gasteiger partial charge in [0.15, 0.2) is 0 Å². The van der Waals surface area contributed by atoms with E-state index in [1.54, 1.807) is 33.1 Å². The average molecular weight is 534 g/mol. The summed E-state index contributed by atoms with van der Waals surface area (Å²) in [5.41, 5.74) is 5.87. The molecular formula is C31H48FNO5. The first-order chi connectivity index (χ1) is 17.8. The maximum absolute atomic E-state index is 13.6. The molecule has 0 bridgehead atoms. The van der Waals surface area contributed by atoms with Crippen LogP contribution in [-0.4, -0.2) is 45.6 Å². The summed E-state index contributed by atoms with van der Waals surface area (Å²) in [6, 6.07) is 6.55. The SMILES string of the molecule is CC(C)O.CCCC(=O)O.CC[C@H](O)/C=C/c1c(C(C)C)nc(C(C)C)c(COC)c1-c1ccc(F)cc1. The summed E-state index contributed by atoms with van der Waals surface area (Å²) < 4.78 is 19.1. The van der Waals surface area contributed by atoms with Crippen LogP contribution in [-0.2, 0) is 16.1 Å². The number of aliphatic hydroxyl groups excluding tert-OH is 2. The van der Waals surface area contributed by atoms with Crippen LogP contribution in [0.3, 0.4) is 0 Å². The first-order valence-corrected chi connectivity index (χ1v) is 13.4. The van der Waals surface area contributed by atoms with E-state index in [-0.39, 0.29) is 23.8 Å². The number of methoxy groups -OCH3 is 1. The number of pyridine rings is 1. The molecule has 2 aromatic rings. The molecular weight excluding hydrogens is 485 g/mol.